The zero-order chi connectivity index (χ0) is 35.6. The van der Waals surface area contributed by atoms with Crippen LogP contribution in [0.2, 0.25) is 0 Å². The molecule has 0 saturated carbocycles. The van der Waals surface area contributed by atoms with Crippen LogP contribution in [0.3, 0.4) is 0 Å². The number of aromatic nitrogens is 1. The van der Waals surface area contributed by atoms with Crippen LogP contribution in [-0.2, 0) is 0 Å². The van der Waals surface area contributed by atoms with E-state index >= 15 is 0 Å². The van der Waals surface area contributed by atoms with Crippen LogP contribution < -0.4 is 4.90 Å². The lowest BCUT2D eigenvalue weighted by Crippen LogP contribution is -2.10. The lowest BCUT2D eigenvalue weighted by molar-refractivity contribution is 0.622. The molecule has 3 heterocycles. The summed E-state index contributed by atoms with van der Waals surface area (Å²) in [6.07, 6.45) is 0. The first-order valence-corrected chi connectivity index (χ1v) is 18.0. The van der Waals surface area contributed by atoms with Crippen LogP contribution in [-0.4, -0.2) is 4.98 Å². The number of nitrogens with zero attached hydrogens (tertiary/aromatic N) is 2. The molecule has 0 saturated heterocycles. The smallest absolute Gasteiger partial charge is 0.227 e. The molecular formula is C49H30N2O3. The summed E-state index contributed by atoms with van der Waals surface area (Å²) in [5, 5.41) is 4.08. The van der Waals surface area contributed by atoms with Crippen LogP contribution in [0.5, 0.6) is 0 Å². The van der Waals surface area contributed by atoms with Gasteiger partial charge in [0.15, 0.2) is 5.58 Å². The number of furan rings is 2. The van der Waals surface area contributed by atoms with Crippen molar-refractivity contribution in [1.29, 1.82) is 0 Å². The summed E-state index contributed by atoms with van der Waals surface area (Å²) >= 11 is 0. The fourth-order valence-electron chi connectivity index (χ4n) is 7.75. The molecule has 11 aromatic rings. The molecule has 11 rings (SSSR count). The Morgan fingerprint density at radius 1 is 0.370 bits per heavy atom. The zero-order valence-electron chi connectivity index (χ0n) is 28.9. The van der Waals surface area contributed by atoms with E-state index in [2.05, 4.69) is 126 Å². The molecule has 8 aromatic carbocycles. The molecule has 0 bridgehead atoms. The molecular weight excluding hydrogens is 665 g/mol. The van der Waals surface area contributed by atoms with Gasteiger partial charge in [0.05, 0.1) is 5.39 Å². The van der Waals surface area contributed by atoms with E-state index in [1.165, 1.54) is 5.56 Å². The van der Waals surface area contributed by atoms with Crippen molar-refractivity contribution in [1.82, 2.24) is 4.98 Å². The first-order valence-electron chi connectivity index (χ1n) is 18.0. The van der Waals surface area contributed by atoms with Gasteiger partial charge in [-0.2, -0.15) is 0 Å². The quantitative estimate of drug-likeness (QED) is 0.173. The van der Waals surface area contributed by atoms with Crippen molar-refractivity contribution in [3.05, 3.63) is 182 Å². The highest BCUT2D eigenvalue weighted by Gasteiger charge is 2.21. The summed E-state index contributed by atoms with van der Waals surface area (Å²) in [6.45, 7) is 0. The van der Waals surface area contributed by atoms with Crippen molar-refractivity contribution in [2.75, 3.05) is 4.90 Å². The van der Waals surface area contributed by atoms with Gasteiger partial charge in [-0.1, -0.05) is 109 Å². The summed E-state index contributed by atoms with van der Waals surface area (Å²) in [4.78, 5) is 7.15. The van der Waals surface area contributed by atoms with Gasteiger partial charge in [-0.05, 0) is 89.5 Å². The van der Waals surface area contributed by atoms with Crippen molar-refractivity contribution < 1.29 is 13.3 Å². The Balaban J connectivity index is 1.10. The minimum Gasteiger partial charge on any atom is -0.456 e. The Hall–Kier alpha value is -7.37. The van der Waals surface area contributed by atoms with E-state index in [-0.39, 0.29) is 0 Å². The molecule has 54 heavy (non-hydrogen) atoms. The molecule has 0 unspecified atom stereocenters. The molecule has 0 N–H and O–H groups in total. The number of para-hydroxylation sites is 2. The number of hydrogen-bond acceptors (Lipinski definition) is 5. The Morgan fingerprint density at radius 2 is 1.02 bits per heavy atom. The number of rotatable bonds is 6. The standard InChI is InChI=1S/C49H30N2O3/c1-3-11-31(12-4-1)32-21-23-35(24-22-32)51(36-16-9-15-34(29-36)38-18-10-19-40-39-17-7-8-20-43(39)53-47(38)40)37-25-27-44-41(30-37)46-45(52-44)28-26-42-48(46)54-49(50-42)33-13-5-2-6-14-33/h1-30H. The number of anilines is 3. The largest absolute Gasteiger partial charge is 0.456 e. The fourth-order valence-corrected chi connectivity index (χ4v) is 7.75. The number of benzene rings is 8. The van der Waals surface area contributed by atoms with E-state index in [9.17, 15) is 0 Å². The van der Waals surface area contributed by atoms with E-state index in [0.29, 0.717) is 11.5 Å². The molecule has 0 atom stereocenters. The number of oxazole rings is 1. The molecule has 5 heteroatoms. The maximum Gasteiger partial charge on any atom is 0.227 e. The Labute approximate surface area is 309 Å². The fraction of sp³-hybridized carbons (Fsp3) is 0. The van der Waals surface area contributed by atoms with Crippen LogP contribution in [0, 0.1) is 0 Å². The van der Waals surface area contributed by atoms with Gasteiger partial charge in [0.1, 0.15) is 27.8 Å². The van der Waals surface area contributed by atoms with E-state index < -0.39 is 0 Å². The summed E-state index contributed by atoms with van der Waals surface area (Å²) in [6, 6.07) is 62.8. The summed E-state index contributed by atoms with van der Waals surface area (Å²) in [5.41, 5.74) is 13.2. The highest BCUT2D eigenvalue weighted by Crippen LogP contribution is 2.43. The Bertz CT molecular complexity index is 3160. The Kier molecular flexibility index (Phi) is 6.79. The summed E-state index contributed by atoms with van der Waals surface area (Å²) in [7, 11) is 0. The van der Waals surface area contributed by atoms with Crippen molar-refractivity contribution in [2.45, 2.75) is 0 Å². The van der Waals surface area contributed by atoms with Crippen molar-refractivity contribution in [3.63, 3.8) is 0 Å². The van der Waals surface area contributed by atoms with Crippen molar-refractivity contribution in [3.8, 4) is 33.7 Å². The maximum atomic E-state index is 6.49. The molecule has 0 fully saturated rings. The van der Waals surface area contributed by atoms with Crippen LogP contribution in [0.15, 0.2) is 195 Å². The first-order chi connectivity index (χ1) is 26.7. The van der Waals surface area contributed by atoms with E-state index in [4.69, 9.17) is 18.2 Å². The highest BCUT2D eigenvalue weighted by atomic mass is 16.4. The van der Waals surface area contributed by atoms with Crippen LogP contribution in [0.25, 0.3) is 88.7 Å². The minimum absolute atomic E-state index is 0.583. The molecule has 0 spiro atoms. The predicted octanol–water partition coefficient (Wildman–Crippen LogP) is 14.1. The average molecular weight is 695 g/mol. The van der Waals surface area contributed by atoms with Crippen LogP contribution in [0.4, 0.5) is 17.1 Å². The second-order valence-electron chi connectivity index (χ2n) is 13.5. The normalized spacial score (nSPS) is 11.7. The third-order valence-corrected chi connectivity index (χ3v) is 10.3. The van der Waals surface area contributed by atoms with Crippen molar-refractivity contribution in [2.24, 2.45) is 0 Å². The minimum atomic E-state index is 0.583. The lowest BCUT2D eigenvalue weighted by Gasteiger charge is -2.26. The predicted molar refractivity (Wildman–Crippen MR) is 220 cm³/mol. The van der Waals surface area contributed by atoms with E-state index in [0.717, 1.165) is 88.7 Å². The van der Waals surface area contributed by atoms with Gasteiger partial charge < -0.3 is 18.2 Å². The molecule has 0 amide bonds. The van der Waals surface area contributed by atoms with Gasteiger partial charge >= 0.3 is 0 Å². The zero-order valence-corrected chi connectivity index (χ0v) is 28.9. The van der Waals surface area contributed by atoms with Crippen molar-refractivity contribution >= 4 is 72.0 Å². The van der Waals surface area contributed by atoms with Gasteiger partial charge in [0.25, 0.3) is 0 Å². The second-order valence-corrected chi connectivity index (χ2v) is 13.5. The van der Waals surface area contributed by atoms with E-state index in [1.54, 1.807) is 0 Å². The molecule has 0 aliphatic carbocycles. The van der Waals surface area contributed by atoms with Gasteiger partial charge in [0, 0.05) is 44.3 Å². The average Bonchev–Trinajstić information content (AvgIpc) is 3.95. The van der Waals surface area contributed by atoms with Gasteiger partial charge in [-0.3, -0.25) is 0 Å². The number of fused-ring (bicyclic) bond motifs is 8. The molecule has 0 aliphatic rings. The molecule has 0 aliphatic heterocycles. The van der Waals surface area contributed by atoms with E-state index in [1.807, 2.05) is 60.7 Å². The number of hydrogen-bond donors (Lipinski definition) is 0. The monoisotopic (exact) mass is 694 g/mol. The first kappa shape index (κ1) is 30.3. The topological polar surface area (TPSA) is 55.6 Å². The summed E-state index contributed by atoms with van der Waals surface area (Å²) in [5.74, 6) is 0.583. The second kappa shape index (κ2) is 12.1. The Morgan fingerprint density at radius 3 is 1.87 bits per heavy atom. The van der Waals surface area contributed by atoms with Gasteiger partial charge in [-0.15, -0.1) is 0 Å². The molecule has 254 valence electrons. The maximum absolute atomic E-state index is 6.49. The van der Waals surface area contributed by atoms with Crippen LogP contribution >= 0.6 is 0 Å². The highest BCUT2D eigenvalue weighted by molar-refractivity contribution is 6.17. The third kappa shape index (κ3) is 4.90. The lowest BCUT2D eigenvalue weighted by atomic mass is 10.0. The molecule has 5 nitrogen and oxygen atoms in total. The van der Waals surface area contributed by atoms with Gasteiger partial charge in [-0.25, -0.2) is 4.98 Å². The molecule has 3 aromatic heterocycles. The van der Waals surface area contributed by atoms with Gasteiger partial charge in [0.2, 0.25) is 5.89 Å². The molecule has 0 radical (unpaired) electrons. The van der Waals surface area contributed by atoms with Crippen LogP contribution in [0.1, 0.15) is 0 Å². The SMILES string of the molecule is c1ccc(-c2ccc(N(c3cccc(-c4cccc5c4oc4ccccc45)c3)c3ccc4oc5ccc6nc(-c7ccccc7)oc6c5c4c3)cc2)cc1. The third-order valence-electron chi connectivity index (χ3n) is 10.3. The summed E-state index contributed by atoms with van der Waals surface area (Å²) < 4.78 is 19.4.